The van der Waals surface area contributed by atoms with E-state index >= 15 is 0 Å². The normalized spacial score (nSPS) is 16.7. The van der Waals surface area contributed by atoms with E-state index in [0.717, 1.165) is 22.0 Å². The minimum atomic E-state index is 0.305. The highest BCUT2D eigenvalue weighted by Gasteiger charge is 2.18. The summed E-state index contributed by atoms with van der Waals surface area (Å²) in [6.45, 7) is 2.81. The van der Waals surface area contributed by atoms with E-state index in [1.165, 1.54) is 5.56 Å². The van der Waals surface area contributed by atoms with Gasteiger partial charge in [0.15, 0.2) is 5.84 Å². The van der Waals surface area contributed by atoms with Crippen LogP contribution in [0.15, 0.2) is 58.5 Å². The monoisotopic (exact) mass is 297 g/mol. The van der Waals surface area contributed by atoms with Crippen LogP contribution in [0, 0.1) is 0 Å². The fourth-order valence-corrected chi connectivity index (χ4v) is 2.50. The molecule has 1 atom stereocenters. The Labute approximate surface area is 129 Å². The van der Waals surface area contributed by atoms with Crippen LogP contribution < -0.4 is 5.73 Å². The highest BCUT2D eigenvalue weighted by molar-refractivity contribution is 6.30. The average Bonchev–Trinajstić information content (AvgIpc) is 2.83. The standard InChI is InChI=1S/C17H16ClN3/c1-11(12-6-8-13(18)9-7-12)10-20-17-15-5-3-2-4-14(15)16(19)21-17/h2-9,11H,10H2,1H3,(H2,19,20,21). The van der Waals surface area contributed by atoms with Gasteiger partial charge in [-0.1, -0.05) is 54.9 Å². The predicted molar refractivity (Wildman–Crippen MR) is 88.4 cm³/mol. The van der Waals surface area contributed by atoms with Gasteiger partial charge in [-0.05, 0) is 17.7 Å². The van der Waals surface area contributed by atoms with Crippen molar-refractivity contribution in [2.75, 3.05) is 6.54 Å². The molecule has 21 heavy (non-hydrogen) atoms. The molecule has 2 aromatic rings. The molecule has 3 nitrogen and oxygen atoms in total. The van der Waals surface area contributed by atoms with E-state index in [9.17, 15) is 0 Å². The Hall–Kier alpha value is -2.13. The molecule has 4 heteroatoms. The van der Waals surface area contributed by atoms with Crippen molar-refractivity contribution in [1.29, 1.82) is 0 Å². The molecule has 0 bridgehead atoms. The van der Waals surface area contributed by atoms with Gasteiger partial charge < -0.3 is 5.73 Å². The van der Waals surface area contributed by atoms with E-state index in [2.05, 4.69) is 16.9 Å². The van der Waals surface area contributed by atoms with Crippen molar-refractivity contribution < 1.29 is 0 Å². The van der Waals surface area contributed by atoms with Crippen LogP contribution in [0.3, 0.4) is 0 Å². The van der Waals surface area contributed by atoms with Crippen LogP contribution in [0.25, 0.3) is 0 Å². The summed E-state index contributed by atoms with van der Waals surface area (Å²) in [5.74, 6) is 1.58. The molecular formula is C17H16ClN3. The number of rotatable bonds is 3. The smallest absolute Gasteiger partial charge is 0.157 e. The zero-order chi connectivity index (χ0) is 14.8. The molecule has 0 saturated carbocycles. The van der Waals surface area contributed by atoms with Crippen molar-refractivity contribution >= 4 is 23.3 Å². The Balaban J connectivity index is 1.80. The third kappa shape index (κ3) is 2.83. The largest absolute Gasteiger partial charge is 0.383 e. The fraction of sp³-hybridized carbons (Fsp3) is 0.176. The highest BCUT2D eigenvalue weighted by atomic mass is 35.5. The van der Waals surface area contributed by atoms with Gasteiger partial charge in [-0.3, -0.25) is 4.99 Å². The summed E-state index contributed by atoms with van der Waals surface area (Å²) in [7, 11) is 0. The second kappa shape index (κ2) is 5.70. The third-order valence-corrected chi connectivity index (χ3v) is 3.88. The number of hydrogen-bond acceptors (Lipinski definition) is 2. The molecule has 3 rings (SSSR count). The molecule has 0 aromatic heterocycles. The van der Waals surface area contributed by atoms with Gasteiger partial charge in [-0.2, -0.15) is 0 Å². The first-order valence-electron chi connectivity index (χ1n) is 6.89. The quantitative estimate of drug-likeness (QED) is 0.924. The molecule has 1 heterocycles. The predicted octanol–water partition coefficient (Wildman–Crippen LogP) is 3.61. The van der Waals surface area contributed by atoms with Gasteiger partial charge in [0.05, 0.1) is 0 Å². The Morgan fingerprint density at radius 3 is 2.48 bits per heavy atom. The van der Waals surface area contributed by atoms with E-state index in [0.29, 0.717) is 18.3 Å². The van der Waals surface area contributed by atoms with Crippen molar-refractivity contribution in [1.82, 2.24) is 0 Å². The lowest BCUT2D eigenvalue weighted by Crippen LogP contribution is -2.09. The van der Waals surface area contributed by atoms with Crippen LogP contribution in [-0.2, 0) is 0 Å². The number of amidine groups is 2. The molecular weight excluding hydrogens is 282 g/mol. The molecule has 2 aromatic carbocycles. The van der Waals surface area contributed by atoms with Crippen LogP contribution in [0.1, 0.15) is 29.5 Å². The lowest BCUT2D eigenvalue weighted by Gasteiger charge is -2.09. The van der Waals surface area contributed by atoms with E-state index in [1.807, 2.05) is 48.5 Å². The van der Waals surface area contributed by atoms with E-state index in [4.69, 9.17) is 17.3 Å². The van der Waals surface area contributed by atoms with E-state index in [-0.39, 0.29) is 0 Å². The lowest BCUT2D eigenvalue weighted by atomic mass is 10.0. The fourth-order valence-electron chi connectivity index (χ4n) is 2.38. The first-order valence-corrected chi connectivity index (χ1v) is 7.27. The molecule has 2 N–H and O–H groups in total. The number of nitrogens with zero attached hydrogens (tertiary/aromatic N) is 2. The van der Waals surface area contributed by atoms with Crippen LogP contribution in [0.5, 0.6) is 0 Å². The summed E-state index contributed by atoms with van der Waals surface area (Å²) < 4.78 is 0. The molecule has 0 fully saturated rings. The molecule has 0 amide bonds. The first kappa shape index (κ1) is 13.8. The summed E-state index contributed by atoms with van der Waals surface area (Å²) in [5.41, 5.74) is 9.12. The average molecular weight is 298 g/mol. The zero-order valence-electron chi connectivity index (χ0n) is 11.8. The Morgan fingerprint density at radius 1 is 1.10 bits per heavy atom. The summed E-state index contributed by atoms with van der Waals surface area (Å²) in [5, 5.41) is 0.749. The Morgan fingerprint density at radius 2 is 1.76 bits per heavy atom. The topological polar surface area (TPSA) is 50.7 Å². The minimum Gasteiger partial charge on any atom is -0.383 e. The van der Waals surface area contributed by atoms with Crippen LogP contribution in [0.2, 0.25) is 5.02 Å². The zero-order valence-corrected chi connectivity index (χ0v) is 12.5. The van der Waals surface area contributed by atoms with Crippen molar-refractivity contribution in [3.63, 3.8) is 0 Å². The van der Waals surface area contributed by atoms with Gasteiger partial charge in [0.1, 0.15) is 5.84 Å². The molecule has 0 spiro atoms. The molecule has 0 aliphatic carbocycles. The number of fused-ring (bicyclic) bond motifs is 1. The first-order chi connectivity index (χ1) is 10.1. The maximum atomic E-state index is 5.93. The van der Waals surface area contributed by atoms with Crippen LogP contribution in [-0.4, -0.2) is 18.2 Å². The van der Waals surface area contributed by atoms with Crippen molar-refractivity contribution in [2.45, 2.75) is 12.8 Å². The van der Waals surface area contributed by atoms with Gasteiger partial charge in [-0.25, -0.2) is 4.99 Å². The van der Waals surface area contributed by atoms with Gasteiger partial charge >= 0.3 is 0 Å². The Kier molecular flexibility index (Phi) is 3.76. The maximum Gasteiger partial charge on any atom is 0.157 e. The molecule has 1 aliphatic rings. The second-order valence-corrected chi connectivity index (χ2v) is 5.60. The van der Waals surface area contributed by atoms with E-state index in [1.54, 1.807) is 0 Å². The van der Waals surface area contributed by atoms with Crippen molar-refractivity contribution in [3.05, 3.63) is 70.2 Å². The minimum absolute atomic E-state index is 0.305. The SMILES string of the molecule is CC(CN=C1N=C(N)c2ccccc21)c1ccc(Cl)cc1. The molecule has 1 unspecified atom stereocenters. The van der Waals surface area contributed by atoms with Crippen LogP contribution in [0.4, 0.5) is 0 Å². The summed E-state index contributed by atoms with van der Waals surface area (Å²) in [4.78, 5) is 8.99. The number of nitrogens with two attached hydrogens (primary N) is 1. The van der Waals surface area contributed by atoms with Gasteiger partial charge in [-0.15, -0.1) is 0 Å². The highest BCUT2D eigenvalue weighted by Crippen LogP contribution is 2.21. The van der Waals surface area contributed by atoms with Gasteiger partial charge in [0.2, 0.25) is 0 Å². The van der Waals surface area contributed by atoms with Gasteiger partial charge in [0, 0.05) is 28.6 Å². The molecule has 106 valence electrons. The van der Waals surface area contributed by atoms with Crippen molar-refractivity contribution in [3.8, 4) is 0 Å². The molecule has 0 saturated heterocycles. The summed E-state index contributed by atoms with van der Waals surface area (Å²) in [6, 6.07) is 15.8. The Bertz CT molecular complexity index is 717. The number of aliphatic imine (C=N–C) groups is 2. The summed E-state index contributed by atoms with van der Waals surface area (Å²) >= 11 is 5.91. The number of benzene rings is 2. The lowest BCUT2D eigenvalue weighted by molar-refractivity contribution is 0.775. The third-order valence-electron chi connectivity index (χ3n) is 3.62. The second-order valence-electron chi connectivity index (χ2n) is 5.16. The summed E-state index contributed by atoms with van der Waals surface area (Å²) in [6.07, 6.45) is 0. The van der Waals surface area contributed by atoms with Crippen LogP contribution >= 0.6 is 11.6 Å². The van der Waals surface area contributed by atoms with Gasteiger partial charge in [0.25, 0.3) is 0 Å². The van der Waals surface area contributed by atoms with E-state index < -0.39 is 0 Å². The maximum absolute atomic E-state index is 5.93. The van der Waals surface area contributed by atoms with Crippen molar-refractivity contribution in [2.24, 2.45) is 15.7 Å². The number of halogens is 1. The molecule has 1 aliphatic heterocycles. The number of hydrogen-bond donors (Lipinski definition) is 1. The molecule has 0 radical (unpaired) electrons.